The fraction of sp³-hybridized carbons (Fsp3) is 0.0588. The van der Waals surface area contributed by atoms with Crippen molar-refractivity contribution in [1.82, 2.24) is 10.2 Å². The number of carbonyl (C=O) groups excluding carboxylic acids is 2. The lowest BCUT2D eigenvalue weighted by molar-refractivity contribution is -0.385. The number of phenolic OH excluding ortho intramolecular Hbond substituents is 1. The van der Waals surface area contributed by atoms with E-state index in [9.17, 15) is 24.8 Å². The van der Waals surface area contributed by atoms with Crippen LogP contribution in [-0.4, -0.2) is 26.9 Å². The molecule has 0 unspecified atom stereocenters. The highest BCUT2D eigenvalue weighted by atomic mass is 35.5. The Labute approximate surface area is 152 Å². The highest BCUT2D eigenvalue weighted by molar-refractivity contribution is 6.30. The maximum atomic E-state index is 12.4. The molecule has 0 aromatic heterocycles. The van der Waals surface area contributed by atoms with Crippen LogP contribution in [-0.2, 0) is 11.3 Å². The van der Waals surface area contributed by atoms with Gasteiger partial charge in [-0.15, -0.1) is 0 Å². The normalized spacial score (nSPS) is 15.4. The van der Waals surface area contributed by atoms with Gasteiger partial charge in [0.15, 0.2) is 5.75 Å². The van der Waals surface area contributed by atoms with Crippen LogP contribution in [0.15, 0.2) is 48.2 Å². The van der Waals surface area contributed by atoms with Crippen molar-refractivity contribution in [2.24, 2.45) is 0 Å². The SMILES string of the molecule is O=C1N/C(=C\c2ccc(O)c([N+](=O)[O-])c2)C(=O)N1Cc1ccc(Cl)cc1. The van der Waals surface area contributed by atoms with E-state index in [1.807, 2.05) is 0 Å². The fourth-order valence-corrected chi connectivity index (χ4v) is 2.56. The molecule has 1 aliphatic rings. The Bertz CT molecular complexity index is 940. The summed E-state index contributed by atoms with van der Waals surface area (Å²) in [5.74, 6) is -1.04. The molecule has 9 heteroatoms. The van der Waals surface area contributed by atoms with E-state index in [0.29, 0.717) is 10.6 Å². The first-order chi connectivity index (χ1) is 12.3. The van der Waals surface area contributed by atoms with Gasteiger partial charge in [0.05, 0.1) is 11.5 Å². The maximum Gasteiger partial charge on any atom is 0.329 e. The van der Waals surface area contributed by atoms with Gasteiger partial charge in [0.2, 0.25) is 0 Å². The van der Waals surface area contributed by atoms with Gasteiger partial charge in [-0.05, 0) is 35.4 Å². The van der Waals surface area contributed by atoms with Crippen molar-refractivity contribution in [1.29, 1.82) is 0 Å². The molecule has 3 rings (SSSR count). The Morgan fingerprint density at radius 2 is 1.88 bits per heavy atom. The molecule has 0 radical (unpaired) electrons. The summed E-state index contributed by atoms with van der Waals surface area (Å²) < 4.78 is 0. The number of nitro groups is 1. The van der Waals surface area contributed by atoms with Crippen molar-refractivity contribution in [2.45, 2.75) is 6.54 Å². The average molecular weight is 374 g/mol. The summed E-state index contributed by atoms with van der Waals surface area (Å²) in [4.78, 5) is 35.7. The molecule has 1 aliphatic heterocycles. The largest absolute Gasteiger partial charge is 0.502 e. The fourth-order valence-electron chi connectivity index (χ4n) is 2.43. The molecule has 2 aromatic rings. The molecule has 0 atom stereocenters. The lowest BCUT2D eigenvalue weighted by atomic mass is 10.1. The number of carbonyl (C=O) groups is 2. The van der Waals surface area contributed by atoms with Gasteiger partial charge in [0, 0.05) is 11.1 Å². The van der Waals surface area contributed by atoms with Crippen molar-refractivity contribution in [3.63, 3.8) is 0 Å². The Kier molecular flexibility index (Phi) is 4.59. The number of nitro benzene ring substituents is 1. The molecule has 26 heavy (non-hydrogen) atoms. The Balaban J connectivity index is 1.84. The van der Waals surface area contributed by atoms with Crippen LogP contribution >= 0.6 is 11.6 Å². The lowest BCUT2D eigenvalue weighted by Gasteiger charge is -2.11. The van der Waals surface area contributed by atoms with Crippen molar-refractivity contribution in [2.75, 3.05) is 0 Å². The first-order valence-corrected chi connectivity index (χ1v) is 7.79. The molecule has 1 heterocycles. The van der Waals surface area contributed by atoms with Gasteiger partial charge in [0.25, 0.3) is 5.91 Å². The summed E-state index contributed by atoms with van der Waals surface area (Å²) in [6.45, 7) is 0.0644. The first kappa shape index (κ1) is 17.4. The second kappa shape index (κ2) is 6.85. The summed E-state index contributed by atoms with van der Waals surface area (Å²) >= 11 is 5.81. The van der Waals surface area contributed by atoms with Crippen LogP contribution in [0.5, 0.6) is 5.75 Å². The van der Waals surface area contributed by atoms with Crippen LogP contribution < -0.4 is 5.32 Å². The third-order valence-electron chi connectivity index (χ3n) is 3.72. The van der Waals surface area contributed by atoms with Crippen LogP contribution in [0, 0.1) is 10.1 Å². The zero-order valence-electron chi connectivity index (χ0n) is 13.2. The third kappa shape index (κ3) is 3.50. The van der Waals surface area contributed by atoms with Gasteiger partial charge in [-0.25, -0.2) is 4.79 Å². The molecular formula is C17H12ClN3O5. The quantitative estimate of drug-likeness (QED) is 0.370. The number of imide groups is 1. The summed E-state index contributed by atoms with van der Waals surface area (Å²) in [6, 6.07) is 9.78. The molecule has 0 aliphatic carbocycles. The molecule has 8 nitrogen and oxygen atoms in total. The number of urea groups is 1. The lowest BCUT2D eigenvalue weighted by Crippen LogP contribution is -2.30. The summed E-state index contributed by atoms with van der Waals surface area (Å²) in [5.41, 5.74) is 0.518. The minimum Gasteiger partial charge on any atom is -0.502 e. The number of nitrogens with zero attached hydrogens (tertiary/aromatic N) is 2. The molecule has 2 N–H and O–H groups in total. The van der Waals surface area contributed by atoms with Crippen LogP contribution in [0.25, 0.3) is 6.08 Å². The van der Waals surface area contributed by atoms with E-state index >= 15 is 0 Å². The maximum absolute atomic E-state index is 12.4. The zero-order chi connectivity index (χ0) is 18.8. The second-order valence-electron chi connectivity index (χ2n) is 5.51. The van der Waals surface area contributed by atoms with E-state index in [0.717, 1.165) is 22.6 Å². The van der Waals surface area contributed by atoms with E-state index in [1.54, 1.807) is 24.3 Å². The van der Waals surface area contributed by atoms with E-state index in [2.05, 4.69) is 5.32 Å². The number of nitrogens with one attached hydrogen (secondary N) is 1. The minimum atomic E-state index is -0.737. The van der Waals surface area contributed by atoms with E-state index in [-0.39, 0.29) is 12.2 Å². The molecule has 1 saturated heterocycles. The number of aromatic hydroxyl groups is 1. The zero-order valence-corrected chi connectivity index (χ0v) is 13.9. The van der Waals surface area contributed by atoms with E-state index < -0.39 is 28.3 Å². The Hall–Kier alpha value is -3.39. The molecular weight excluding hydrogens is 362 g/mol. The standard InChI is InChI=1S/C17H12ClN3O5/c18-12-4-1-10(2-5-12)9-20-16(23)13(19-17(20)24)7-11-3-6-15(22)14(8-11)21(25)26/h1-8,22H,9H2,(H,19,24)/b13-7-. The molecule has 3 amide bonds. The highest BCUT2D eigenvalue weighted by Gasteiger charge is 2.33. The van der Waals surface area contributed by atoms with Crippen molar-refractivity contribution in [3.05, 3.63) is 74.4 Å². The Morgan fingerprint density at radius 1 is 1.19 bits per heavy atom. The van der Waals surface area contributed by atoms with Gasteiger partial charge in [-0.1, -0.05) is 29.8 Å². The molecule has 0 spiro atoms. The smallest absolute Gasteiger partial charge is 0.329 e. The molecule has 0 bridgehead atoms. The van der Waals surface area contributed by atoms with Crippen LogP contribution in [0.2, 0.25) is 5.02 Å². The van der Waals surface area contributed by atoms with Gasteiger partial charge < -0.3 is 10.4 Å². The van der Waals surface area contributed by atoms with Crippen molar-refractivity contribution in [3.8, 4) is 5.75 Å². The van der Waals surface area contributed by atoms with Gasteiger partial charge in [0.1, 0.15) is 5.70 Å². The predicted octanol–water partition coefficient (Wildman–Crippen LogP) is 3.05. The number of halogens is 1. The van der Waals surface area contributed by atoms with Crippen LogP contribution in [0.3, 0.4) is 0 Å². The van der Waals surface area contributed by atoms with Crippen LogP contribution in [0.1, 0.15) is 11.1 Å². The highest BCUT2D eigenvalue weighted by Crippen LogP contribution is 2.27. The molecule has 132 valence electrons. The number of phenols is 1. The van der Waals surface area contributed by atoms with E-state index in [1.165, 1.54) is 12.1 Å². The number of hydrogen-bond donors (Lipinski definition) is 2. The first-order valence-electron chi connectivity index (χ1n) is 7.41. The topological polar surface area (TPSA) is 113 Å². The summed E-state index contributed by atoms with van der Waals surface area (Å²) in [5, 5.41) is 23.3. The number of benzene rings is 2. The third-order valence-corrected chi connectivity index (χ3v) is 3.98. The number of amides is 3. The van der Waals surface area contributed by atoms with Crippen molar-refractivity contribution < 1.29 is 19.6 Å². The van der Waals surface area contributed by atoms with Gasteiger partial charge in [-0.3, -0.25) is 19.8 Å². The molecule has 2 aromatic carbocycles. The Morgan fingerprint density at radius 3 is 2.54 bits per heavy atom. The molecule has 0 saturated carbocycles. The second-order valence-corrected chi connectivity index (χ2v) is 5.95. The monoisotopic (exact) mass is 373 g/mol. The van der Waals surface area contributed by atoms with Gasteiger partial charge >= 0.3 is 11.7 Å². The average Bonchev–Trinajstić information content (AvgIpc) is 2.85. The van der Waals surface area contributed by atoms with E-state index in [4.69, 9.17) is 11.6 Å². The van der Waals surface area contributed by atoms with Crippen LogP contribution in [0.4, 0.5) is 10.5 Å². The number of hydrogen-bond acceptors (Lipinski definition) is 5. The minimum absolute atomic E-state index is 0.0102. The van der Waals surface area contributed by atoms with Gasteiger partial charge in [-0.2, -0.15) is 0 Å². The van der Waals surface area contributed by atoms with Crippen molar-refractivity contribution >= 4 is 35.3 Å². The summed E-state index contributed by atoms with van der Waals surface area (Å²) in [6.07, 6.45) is 1.31. The summed E-state index contributed by atoms with van der Waals surface area (Å²) in [7, 11) is 0. The molecule has 1 fully saturated rings. The number of rotatable bonds is 4. The predicted molar refractivity (Wildman–Crippen MR) is 93.3 cm³/mol.